The third kappa shape index (κ3) is 6.80. The SMILES string of the molecule is CCCCNC(=O)C(C)NCC(O)C(C)C. The van der Waals surface area contributed by atoms with Crippen LogP contribution in [0.1, 0.15) is 40.5 Å². The summed E-state index contributed by atoms with van der Waals surface area (Å²) < 4.78 is 0. The van der Waals surface area contributed by atoms with E-state index in [9.17, 15) is 9.90 Å². The first kappa shape index (κ1) is 15.4. The molecule has 0 saturated carbocycles. The first-order chi connectivity index (χ1) is 7.49. The van der Waals surface area contributed by atoms with Crippen molar-refractivity contribution in [3.63, 3.8) is 0 Å². The highest BCUT2D eigenvalue weighted by molar-refractivity contribution is 5.81. The number of rotatable bonds is 8. The van der Waals surface area contributed by atoms with Crippen molar-refractivity contribution in [1.82, 2.24) is 10.6 Å². The van der Waals surface area contributed by atoms with Gasteiger partial charge in [0.2, 0.25) is 5.91 Å². The second-order valence-electron chi connectivity index (χ2n) is 4.59. The van der Waals surface area contributed by atoms with Gasteiger partial charge in [0.25, 0.3) is 0 Å². The van der Waals surface area contributed by atoms with Gasteiger partial charge in [0.1, 0.15) is 0 Å². The predicted molar refractivity (Wildman–Crippen MR) is 66.2 cm³/mol. The third-order valence-electron chi connectivity index (χ3n) is 2.63. The molecule has 0 heterocycles. The van der Waals surface area contributed by atoms with Crippen LogP contribution in [0.4, 0.5) is 0 Å². The minimum Gasteiger partial charge on any atom is -0.392 e. The van der Waals surface area contributed by atoms with Crippen molar-refractivity contribution in [2.24, 2.45) is 5.92 Å². The van der Waals surface area contributed by atoms with Crippen molar-refractivity contribution >= 4 is 5.91 Å². The molecular weight excluding hydrogens is 204 g/mol. The molecule has 0 spiro atoms. The van der Waals surface area contributed by atoms with Crippen LogP contribution in [0.15, 0.2) is 0 Å². The van der Waals surface area contributed by atoms with Gasteiger partial charge in [-0.25, -0.2) is 0 Å². The van der Waals surface area contributed by atoms with Crippen molar-refractivity contribution in [2.75, 3.05) is 13.1 Å². The Bertz CT molecular complexity index is 195. The maximum absolute atomic E-state index is 11.5. The number of hydrogen-bond acceptors (Lipinski definition) is 3. The van der Waals surface area contributed by atoms with E-state index in [1.165, 1.54) is 0 Å². The van der Waals surface area contributed by atoms with Gasteiger partial charge in [0.05, 0.1) is 12.1 Å². The molecule has 0 aliphatic heterocycles. The van der Waals surface area contributed by atoms with Crippen LogP contribution in [-0.4, -0.2) is 36.2 Å². The molecule has 0 rings (SSSR count). The van der Waals surface area contributed by atoms with Gasteiger partial charge in [0.15, 0.2) is 0 Å². The summed E-state index contributed by atoms with van der Waals surface area (Å²) >= 11 is 0. The standard InChI is InChI=1S/C12H26N2O2/c1-5-6-7-13-12(16)10(4)14-8-11(15)9(2)3/h9-11,14-15H,5-8H2,1-4H3,(H,13,16). The quantitative estimate of drug-likeness (QED) is 0.543. The Balaban J connectivity index is 3.70. The Morgan fingerprint density at radius 3 is 2.44 bits per heavy atom. The number of carbonyl (C=O) groups is 1. The van der Waals surface area contributed by atoms with E-state index in [2.05, 4.69) is 17.6 Å². The fourth-order valence-electron chi connectivity index (χ4n) is 1.17. The van der Waals surface area contributed by atoms with E-state index in [4.69, 9.17) is 0 Å². The number of carbonyl (C=O) groups excluding carboxylic acids is 1. The van der Waals surface area contributed by atoms with Crippen LogP contribution in [-0.2, 0) is 4.79 Å². The summed E-state index contributed by atoms with van der Waals surface area (Å²) in [6.45, 7) is 9.01. The Labute approximate surface area is 98.8 Å². The van der Waals surface area contributed by atoms with Gasteiger partial charge >= 0.3 is 0 Å². The summed E-state index contributed by atoms with van der Waals surface area (Å²) in [5.74, 6) is 0.215. The average Bonchev–Trinajstić information content (AvgIpc) is 2.25. The Morgan fingerprint density at radius 1 is 1.31 bits per heavy atom. The number of amides is 1. The maximum atomic E-state index is 11.5. The molecule has 96 valence electrons. The number of aliphatic hydroxyl groups is 1. The smallest absolute Gasteiger partial charge is 0.236 e. The van der Waals surface area contributed by atoms with E-state index in [1.807, 2.05) is 20.8 Å². The van der Waals surface area contributed by atoms with Gasteiger partial charge < -0.3 is 15.7 Å². The van der Waals surface area contributed by atoms with Gasteiger partial charge in [0, 0.05) is 13.1 Å². The molecule has 3 N–H and O–H groups in total. The first-order valence-corrected chi connectivity index (χ1v) is 6.18. The average molecular weight is 230 g/mol. The monoisotopic (exact) mass is 230 g/mol. The molecule has 4 heteroatoms. The van der Waals surface area contributed by atoms with E-state index in [0.717, 1.165) is 19.4 Å². The molecule has 0 fully saturated rings. The molecule has 2 atom stereocenters. The molecule has 1 amide bonds. The summed E-state index contributed by atoms with van der Waals surface area (Å²) in [7, 11) is 0. The second kappa shape index (κ2) is 8.53. The zero-order valence-electron chi connectivity index (χ0n) is 10.9. The van der Waals surface area contributed by atoms with E-state index in [1.54, 1.807) is 0 Å². The van der Waals surface area contributed by atoms with E-state index in [0.29, 0.717) is 6.54 Å². The lowest BCUT2D eigenvalue weighted by molar-refractivity contribution is -0.122. The largest absolute Gasteiger partial charge is 0.392 e. The van der Waals surface area contributed by atoms with Crippen molar-refractivity contribution in [2.45, 2.75) is 52.7 Å². The highest BCUT2D eigenvalue weighted by Gasteiger charge is 2.14. The van der Waals surface area contributed by atoms with E-state index < -0.39 is 6.10 Å². The molecular formula is C12H26N2O2. The van der Waals surface area contributed by atoms with Crippen molar-refractivity contribution in [3.05, 3.63) is 0 Å². The maximum Gasteiger partial charge on any atom is 0.236 e. The van der Waals surface area contributed by atoms with Gasteiger partial charge in [-0.2, -0.15) is 0 Å². The molecule has 4 nitrogen and oxygen atoms in total. The summed E-state index contributed by atoms with van der Waals surface area (Å²) in [5, 5.41) is 15.5. The minimum atomic E-state index is -0.397. The first-order valence-electron chi connectivity index (χ1n) is 6.18. The Morgan fingerprint density at radius 2 is 1.94 bits per heavy atom. The number of hydrogen-bond donors (Lipinski definition) is 3. The summed E-state index contributed by atoms with van der Waals surface area (Å²) in [4.78, 5) is 11.5. The number of nitrogens with one attached hydrogen (secondary N) is 2. The van der Waals surface area contributed by atoms with Gasteiger partial charge in [-0.05, 0) is 19.3 Å². The Hall–Kier alpha value is -0.610. The normalized spacial score (nSPS) is 14.9. The zero-order chi connectivity index (χ0) is 12.6. The Kier molecular flexibility index (Phi) is 8.21. The van der Waals surface area contributed by atoms with Crippen molar-refractivity contribution < 1.29 is 9.90 Å². The van der Waals surface area contributed by atoms with Gasteiger partial charge in [-0.1, -0.05) is 27.2 Å². The molecule has 0 aromatic rings. The highest BCUT2D eigenvalue weighted by Crippen LogP contribution is 1.99. The number of unbranched alkanes of at least 4 members (excludes halogenated alkanes) is 1. The summed E-state index contributed by atoms with van der Waals surface area (Å²) in [6.07, 6.45) is 1.69. The van der Waals surface area contributed by atoms with Gasteiger partial charge in [-0.3, -0.25) is 4.79 Å². The van der Waals surface area contributed by atoms with Crippen LogP contribution in [0.3, 0.4) is 0 Å². The van der Waals surface area contributed by atoms with Crippen LogP contribution in [0.5, 0.6) is 0 Å². The lowest BCUT2D eigenvalue weighted by atomic mass is 10.1. The fourth-order valence-corrected chi connectivity index (χ4v) is 1.17. The molecule has 0 bridgehead atoms. The third-order valence-corrected chi connectivity index (χ3v) is 2.63. The molecule has 16 heavy (non-hydrogen) atoms. The van der Waals surface area contributed by atoms with Crippen LogP contribution >= 0.6 is 0 Å². The lowest BCUT2D eigenvalue weighted by Crippen LogP contribution is -2.45. The summed E-state index contributed by atoms with van der Waals surface area (Å²) in [6, 6.07) is -0.245. The minimum absolute atomic E-state index is 0.00408. The molecule has 2 unspecified atom stereocenters. The van der Waals surface area contributed by atoms with E-state index >= 15 is 0 Å². The molecule has 0 aliphatic carbocycles. The molecule has 0 aromatic heterocycles. The highest BCUT2D eigenvalue weighted by atomic mass is 16.3. The van der Waals surface area contributed by atoms with Crippen LogP contribution < -0.4 is 10.6 Å². The van der Waals surface area contributed by atoms with Crippen LogP contribution in [0.25, 0.3) is 0 Å². The van der Waals surface area contributed by atoms with E-state index in [-0.39, 0.29) is 17.9 Å². The molecule has 0 aliphatic rings. The molecule has 0 aromatic carbocycles. The summed E-state index contributed by atoms with van der Waals surface area (Å²) in [5.41, 5.74) is 0. The molecule has 0 saturated heterocycles. The fraction of sp³-hybridized carbons (Fsp3) is 0.917. The van der Waals surface area contributed by atoms with Gasteiger partial charge in [-0.15, -0.1) is 0 Å². The van der Waals surface area contributed by atoms with Crippen LogP contribution in [0, 0.1) is 5.92 Å². The number of aliphatic hydroxyl groups excluding tert-OH is 1. The van der Waals surface area contributed by atoms with Crippen molar-refractivity contribution in [3.8, 4) is 0 Å². The predicted octanol–water partition coefficient (Wildman–Crippen LogP) is 0.898. The zero-order valence-corrected chi connectivity index (χ0v) is 10.9. The van der Waals surface area contributed by atoms with Crippen LogP contribution in [0.2, 0.25) is 0 Å². The lowest BCUT2D eigenvalue weighted by Gasteiger charge is -2.19. The second-order valence-corrected chi connectivity index (χ2v) is 4.59. The topological polar surface area (TPSA) is 61.4 Å². The molecule has 0 radical (unpaired) electrons. The van der Waals surface area contributed by atoms with Crippen molar-refractivity contribution in [1.29, 1.82) is 0 Å².